The number of hydrogen-bond donors (Lipinski definition) is 2. The molecule has 0 radical (unpaired) electrons. The molecule has 1 aliphatic heterocycles. The van der Waals surface area contributed by atoms with Crippen molar-refractivity contribution in [3.63, 3.8) is 0 Å². The quantitative estimate of drug-likeness (QED) is 0.685. The number of allylic oxidation sites excluding steroid dienone is 3. The van der Waals surface area contributed by atoms with Crippen LogP contribution in [-0.4, -0.2) is 18.3 Å². The largest absolute Gasteiger partial charge is 0.484 e. The lowest BCUT2D eigenvalue weighted by atomic mass is 9.70. The first-order valence-corrected chi connectivity index (χ1v) is 11.1. The highest BCUT2D eigenvalue weighted by atomic mass is 16.5. The topological polar surface area (TPSA) is 114 Å². The Morgan fingerprint density at radius 2 is 2.00 bits per heavy atom. The highest BCUT2D eigenvalue weighted by Gasteiger charge is 2.43. The molecule has 7 heteroatoms. The van der Waals surface area contributed by atoms with Crippen LogP contribution in [0.15, 0.2) is 71.3 Å². The van der Waals surface area contributed by atoms with Crippen LogP contribution in [0.5, 0.6) is 5.75 Å². The molecule has 3 N–H and O–H groups in total. The van der Waals surface area contributed by atoms with Crippen LogP contribution < -0.4 is 15.8 Å². The summed E-state index contributed by atoms with van der Waals surface area (Å²) in [4.78, 5) is 25.4. The number of aryl methyl sites for hydroxylation is 1. The third-order valence-corrected chi connectivity index (χ3v) is 5.94. The second kappa shape index (κ2) is 9.06. The maximum absolute atomic E-state index is 13.1. The fourth-order valence-electron chi connectivity index (χ4n) is 4.47. The Kier molecular flexibility index (Phi) is 6.16. The van der Waals surface area contributed by atoms with Gasteiger partial charge in [-0.2, -0.15) is 5.26 Å². The van der Waals surface area contributed by atoms with Gasteiger partial charge < -0.3 is 20.5 Å². The Morgan fingerprint density at radius 1 is 1.24 bits per heavy atom. The SMILES string of the molecule is Cc1cccc(NC(=O)COc2cccc(C3C(C#N)=C(N)OC4=C3C(=O)CC(C)(C)C4)c2)c1. The van der Waals surface area contributed by atoms with Gasteiger partial charge in [-0.3, -0.25) is 9.59 Å². The van der Waals surface area contributed by atoms with Crippen molar-refractivity contribution in [3.8, 4) is 11.8 Å². The van der Waals surface area contributed by atoms with Crippen molar-refractivity contribution in [1.29, 1.82) is 5.26 Å². The van der Waals surface area contributed by atoms with Crippen LogP contribution in [0.1, 0.15) is 43.7 Å². The van der Waals surface area contributed by atoms with E-state index in [1.807, 2.05) is 51.1 Å². The molecule has 1 unspecified atom stereocenters. The van der Waals surface area contributed by atoms with Gasteiger partial charge in [0.05, 0.1) is 5.92 Å². The number of benzene rings is 2. The number of rotatable bonds is 5. The molecule has 4 rings (SSSR count). The highest BCUT2D eigenvalue weighted by Crippen LogP contribution is 2.48. The fraction of sp³-hybridized carbons (Fsp3) is 0.296. The lowest BCUT2D eigenvalue weighted by molar-refractivity contribution is -0.119. The Hall–Kier alpha value is -4.05. The molecule has 0 fully saturated rings. The second-order valence-corrected chi connectivity index (χ2v) is 9.48. The smallest absolute Gasteiger partial charge is 0.262 e. The first-order chi connectivity index (χ1) is 16.2. The first-order valence-electron chi connectivity index (χ1n) is 11.1. The number of nitrogens with two attached hydrogens (primary N) is 1. The standard InChI is InChI=1S/C27H27N3O4/c1-16-6-4-8-18(10-16)30-23(32)15-33-19-9-5-7-17(11-19)24-20(14-28)26(29)34-22-13-27(2,3)12-21(31)25(22)24/h4-11,24H,12-13,15,29H2,1-3H3,(H,30,32). The third kappa shape index (κ3) is 4.81. The van der Waals surface area contributed by atoms with Gasteiger partial charge in [-0.25, -0.2) is 0 Å². The Bertz CT molecular complexity index is 1270. The van der Waals surface area contributed by atoms with E-state index >= 15 is 0 Å². The molecule has 0 saturated carbocycles. The zero-order valence-corrected chi connectivity index (χ0v) is 19.5. The van der Waals surface area contributed by atoms with Gasteiger partial charge in [-0.1, -0.05) is 38.1 Å². The predicted octanol–water partition coefficient (Wildman–Crippen LogP) is 4.46. The van der Waals surface area contributed by atoms with Crippen LogP contribution in [0, 0.1) is 23.7 Å². The van der Waals surface area contributed by atoms with Crippen molar-refractivity contribution in [2.45, 2.75) is 39.5 Å². The number of Topliss-reactive ketones (excluding diaryl/α,β-unsaturated/α-hetero) is 1. The Morgan fingerprint density at radius 3 is 2.74 bits per heavy atom. The summed E-state index contributed by atoms with van der Waals surface area (Å²) in [6.07, 6.45) is 0.916. The summed E-state index contributed by atoms with van der Waals surface area (Å²) in [7, 11) is 0. The zero-order valence-electron chi connectivity index (χ0n) is 19.5. The maximum atomic E-state index is 13.1. The van der Waals surface area contributed by atoms with Crippen LogP contribution in [0.2, 0.25) is 0 Å². The van der Waals surface area contributed by atoms with Gasteiger partial charge in [0.2, 0.25) is 5.88 Å². The van der Waals surface area contributed by atoms with Crippen LogP contribution in [-0.2, 0) is 14.3 Å². The monoisotopic (exact) mass is 457 g/mol. The number of amides is 1. The number of ketones is 1. The van der Waals surface area contributed by atoms with Crippen LogP contribution in [0.3, 0.4) is 0 Å². The van der Waals surface area contributed by atoms with Gasteiger partial charge in [-0.15, -0.1) is 0 Å². The Labute approximate surface area is 198 Å². The van der Waals surface area contributed by atoms with E-state index in [9.17, 15) is 14.9 Å². The van der Waals surface area contributed by atoms with Gasteiger partial charge in [0.15, 0.2) is 12.4 Å². The first kappa shape index (κ1) is 23.1. The fourth-order valence-corrected chi connectivity index (χ4v) is 4.47. The van der Waals surface area contributed by atoms with Crippen LogP contribution in [0.25, 0.3) is 0 Å². The Balaban J connectivity index is 1.57. The van der Waals surface area contributed by atoms with Gasteiger partial charge in [0.1, 0.15) is 23.2 Å². The second-order valence-electron chi connectivity index (χ2n) is 9.48. The molecule has 2 aromatic carbocycles. The normalized spacial score (nSPS) is 19.1. The molecule has 0 aromatic heterocycles. The van der Waals surface area contributed by atoms with E-state index in [2.05, 4.69) is 11.4 Å². The van der Waals surface area contributed by atoms with Crippen molar-refractivity contribution < 1.29 is 19.1 Å². The van der Waals surface area contributed by atoms with Gasteiger partial charge in [0, 0.05) is 24.1 Å². The number of nitrogens with zero attached hydrogens (tertiary/aromatic N) is 1. The minimum Gasteiger partial charge on any atom is -0.484 e. The minimum atomic E-state index is -0.637. The summed E-state index contributed by atoms with van der Waals surface area (Å²) in [5.41, 5.74) is 8.92. The van der Waals surface area contributed by atoms with Gasteiger partial charge in [0.25, 0.3) is 5.91 Å². The molecule has 0 spiro atoms. The average molecular weight is 458 g/mol. The highest BCUT2D eigenvalue weighted by molar-refractivity contribution is 6.00. The molecule has 0 bridgehead atoms. The molecule has 0 saturated heterocycles. The molecular weight excluding hydrogens is 430 g/mol. The number of nitriles is 1. The summed E-state index contributed by atoms with van der Waals surface area (Å²) in [5, 5.41) is 12.6. The van der Waals surface area contributed by atoms with Crippen molar-refractivity contribution in [3.05, 3.63) is 82.4 Å². The summed E-state index contributed by atoms with van der Waals surface area (Å²) in [6, 6.07) is 16.7. The van der Waals surface area contributed by atoms with E-state index in [0.29, 0.717) is 41.2 Å². The molecule has 1 atom stereocenters. The van der Waals surface area contributed by atoms with E-state index in [1.165, 1.54) is 0 Å². The summed E-state index contributed by atoms with van der Waals surface area (Å²) in [6.45, 7) is 5.77. The summed E-state index contributed by atoms with van der Waals surface area (Å²) < 4.78 is 11.5. The maximum Gasteiger partial charge on any atom is 0.262 e. The van der Waals surface area contributed by atoms with Crippen molar-refractivity contribution >= 4 is 17.4 Å². The minimum absolute atomic E-state index is 0.0144. The van der Waals surface area contributed by atoms with Crippen molar-refractivity contribution in [1.82, 2.24) is 0 Å². The molecule has 174 valence electrons. The number of anilines is 1. The molecule has 1 heterocycles. The molecule has 2 aromatic rings. The lowest BCUT2D eigenvalue weighted by Crippen LogP contribution is -2.33. The van der Waals surface area contributed by atoms with Crippen molar-refractivity contribution in [2.75, 3.05) is 11.9 Å². The van der Waals surface area contributed by atoms with Gasteiger partial charge >= 0.3 is 0 Å². The van der Waals surface area contributed by atoms with Crippen LogP contribution >= 0.6 is 0 Å². The summed E-state index contributed by atoms with van der Waals surface area (Å²) in [5.74, 6) is -0.00169. The number of carbonyl (C=O) groups excluding carboxylic acids is 2. The van der Waals surface area contributed by atoms with E-state index < -0.39 is 5.92 Å². The average Bonchev–Trinajstić information content (AvgIpc) is 2.76. The van der Waals surface area contributed by atoms with Crippen LogP contribution in [0.4, 0.5) is 5.69 Å². The van der Waals surface area contributed by atoms with E-state index in [1.54, 1.807) is 18.2 Å². The lowest BCUT2D eigenvalue weighted by Gasteiger charge is -2.37. The third-order valence-electron chi connectivity index (χ3n) is 5.94. The van der Waals surface area contributed by atoms with E-state index in [4.69, 9.17) is 15.2 Å². The number of hydrogen-bond acceptors (Lipinski definition) is 6. The van der Waals surface area contributed by atoms with Gasteiger partial charge in [-0.05, 0) is 47.7 Å². The molecule has 7 nitrogen and oxygen atoms in total. The molecule has 1 aliphatic carbocycles. The van der Waals surface area contributed by atoms with Crippen molar-refractivity contribution in [2.24, 2.45) is 11.1 Å². The van der Waals surface area contributed by atoms with E-state index in [0.717, 1.165) is 5.56 Å². The number of nitrogens with one attached hydrogen (secondary N) is 1. The molecule has 34 heavy (non-hydrogen) atoms. The predicted molar refractivity (Wildman–Crippen MR) is 127 cm³/mol. The molecule has 2 aliphatic rings. The van der Waals surface area contributed by atoms with E-state index in [-0.39, 0.29) is 35.2 Å². The number of carbonyl (C=O) groups is 2. The number of ether oxygens (including phenoxy) is 2. The summed E-state index contributed by atoms with van der Waals surface area (Å²) >= 11 is 0. The molecule has 1 amide bonds. The zero-order chi connectivity index (χ0) is 24.5. The molecular formula is C27H27N3O4.